The molecule has 4 heterocycles. The molecule has 1 aromatic rings. The molecule has 154 valence electrons. The lowest BCUT2D eigenvalue weighted by atomic mass is 9.98. The fraction of sp³-hybridized carbons (Fsp3) is 0.750. The van der Waals surface area contributed by atoms with Crippen molar-refractivity contribution in [2.24, 2.45) is 16.9 Å². The van der Waals surface area contributed by atoms with Crippen LogP contribution in [0, 0.1) is 11.8 Å². The summed E-state index contributed by atoms with van der Waals surface area (Å²) in [4.78, 5) is 16.6. The van der Waals surface area contributed by atoms with Gasteiger partial charge in [-0.15, -0.1) is 0 Å². The van der Waals surface area contributed by atoms with Gasteiger partial charge >= 0.3 is 0 Å². The molecule has 28 heavy (non-hydrogen) atoms. The van der Waals surface area contributed by atoms with Crippen LogP contribution >= 0.6 is 0 Å². The second-order valence-electron chi connectivity index (χ2n) is 8.35. The zero-order valence-electron chi connectivity index (χ0n) is 17.1. The van der Waals surface area contributed by atoms with Gasteiger partial charge in [0.05, 0.1) is 6.04 Å². The average Bonchev–Trinajstić information content (AvgIpc) is 3.06. The maximum atomic E-state index is 9.39. The van der Waals surface area contributed by atoms with Gasteiger partial charge in [0.2, 0.25) is 0 Å². The Morgan fingerprint density at radius 2 is 1.57 bits per heavy atom. The topological polar surface area (TPSA) is 71.3 Å². The minimum absolute atomic E-state index is 0.295. The molecule has 1 N–H and O–H groups in total. The number of hydrogen-bond acceptors (Lipinski definition) is 8. The quantitative estimate of drug-likeness (QED) is 0.799. The molecule has 2 unspecified atom stereocenters. The van der Waals surface area contributed by atoms with Crippen LogP contribution in [0.5, 0.6) is 0 Å². The van der Waals surface area contributed by atoms with Crippen molar-refractivity contribution >= 4 is 17.9 Å². The maximum Gasteiger partial charge on any atom is 0.172 e. The summed E-state index contributed by atoms with van der Waals surface area (Å²) in [7, 11) is 2.05. The SMILES string of the molecule is CC1C(CN2CCN(c3nccnc3N3CCC(CO)CC3)CC2)C=NN1C. The van der Waals surface area contributed by atoms with Gasteiger partial charge in [-0.3, -0.25) is 9.91 Å². The van der Waals surface area contributed by atoms with Crippen LogP contribution in [0.2, 0.25) is 0 Å². The molecule has 2 fully saturated rings. The molecule has 2 saturated heterocycles. The first kappa shape index (κ1) is 19.4. The largest absolute Gasteiger partial charge is 0.396 e. The molecule has 8 nitrogen and oxygen atoms in total. The van der Waals surface area contributed by atoms with Gasteiger partial charge in [-0.25, -0.2) is 9.97 Å². The van der Waals surface area contributed by atoms with E-state index in [4.69, 9.17) is 4.98 Å². The monoisotopic (exact) mass is 387 g/mol. The molecule has 3 aliphatic heterocycles. The Bertz CT molecular complexity index is 668. The third-order valence-electron chi connectivity index (χ3n) is 6.62. The van der Waals surface area contributed by atoms with Crippen LogP contribution in [0.4, 0.5) is 11.6 Å². The number of hydrazone groups is 1. The molecule has 8 heteroatoms. The molecule has 2 atom stereocenters. The molecule has 0 saturated carbocycles. The van der Waals surface area contributed by atoms with Crippen molar-refractivity contribution in [3.8, 4) is 0 Å². The zero-order chi connectivity index (χ0) is 19.5. The number of aliphatic hydroxyl groups excluding tert-OH is 1. The summed E-state index contributed by atoms with van der Waals surface area (Å²) in [6, 6.07) is 0.478. The predicted molar refractivity (Wildman–Crippen MR) is 112 cm³/mol. The summed E-state index contributed by atoms with van der Waals surface area (Å²) in [6.45, 7) is 9.56. The molecular formula is C20H33N7O. The molecule has 4 rings (SSSR count). The predicted octanol–water partition coefficient (Wildman–Crippen LogP) is 0.743. The van der Waals surface area contributed by atoms with Gasteiger partial charge in [-0.2, -0.15) is 5.10 Å². The van der Waals surface area contributed by atoms with E-state index in [0.29, 0.717) is 24.5 Å². The number of piperidine rings is 1. The Balaban J connectivity index is 1.35. The Kier molecular flexibility index (Phi) is 5.96. The summed E-state index contributed by atoms with van der Waals surface area (Å²) < 4.78 is 0. The lowest BCUT2D eigenvalue weighted by Crippen LogP contribution is -2.49. The number of aliphatic hydroxyl groups is 1. The van der Waals surface area contributed by atoms with E-state index in [2.05, 4.69) is 50.0 Å². The van der Waals surface area contributed by atoms with Crippen LogP contribution in [0.3, 0.4) is 0 Å². The zero-order valence-corrected chi connectivity index (χ0v) is 17.1. The Hall–Kier alpha value is -1.93. The maximum absolute atomic E-state index is 9.39. The highest BCUT2D eigenvalue weighted by molar-refractivity contribution is 5.64. The molecule has 0 spiro atoms. The van der Waals surface area contributed by atoms with Crippen LogP contribution in [0.1, 0.15) is 19.8 Å². The van der Waals surface area contributed by atoms with Crippen LogP contribution < -0.4 is 9.80 Å². The number of piperazine rings is 1. The van der Waals surface area contributed by atoms with E-state index in [1.54, 1.807) is 12.4 Å². The van der Waals surface area contributed by atoms with Crippen molar-refractivity contribution in [1.82, 2.24) is 19.9 Å². The van der Waals surface area contributed by atoms with Crippen molar-refractivity contribution in [3.63, 3.8) is 0 Å². The van der Waals surface area contributed by atoms with E-state index in [-0.39, 0.29) is 0 Å². The number of aromatic nitrogens is 2. The normalized spacial score (nSPS) is 27.0. The first-order chi connectivity index (χ1) is 13.7. The van der Waals surface area contributed by atoms with Crippen LogP contribution in [0.15, 0.2) is 17.5 Å². The summed E-state index contributed by atoms with van der Waals surface area (Å²) in [5, 5.41) is 15.9. The van der Waals surface area contributed by atoms with E-state index in [9.17, 15) is 5.11 Å². The summed E-state index contributed by atoms with van der Waals surface area (Å²) in [5.74, 6) is 2.96. The van der Waals surface area contributed by atoms with Crippen molar-refractivity contribution in [1.29, 1.82) is 0 Å². The fourth-order valence-corrected chi connectivity index (χ4v) is 4.43. The highest BCUT2D eigenvalue weighted by Crippen LogP contribution is 2.29. The molecular weight excluding hydrogens is 354 g/mol. The first-order valence-electron chi connectivity index (χ1n) is 10.6. The van der Waals surface area contributed by atoms with Crippen LogP contribution in [-0.2, 0) is 0 Å². The minimum Gasteiger partial charge on any atom is -0.396 e. The van der Waals surface area contributed by atoms with Crippen molar-refractivity contribution in [2.45, 2.75) is 25.8 Å². The van der Waals surface area contributed by atoms with E-state index >= 15 is 0 Å². The average molecular weight is 388 g/mol. The number of rotatable bonds is 5. The van der Waals surface area contributed by atoms with Gasteiger partial charge < -0.3 is 14.9 Å². The highest BCUT2D eigenvalue weighted by Gasteiger charge is 2.29. The van der Waals surface area contributed by atoms with Gasteiger partial charge in [-0.1, -0.05) is 0 Å². The Morgan fingerprint density at radius 1 is 0.964 bits per heavy atom. The fourth-order valence-electron chi connectivity index (χ4n) is 4.43. The number of nitrogens with zero attached hydrogens (tertiary/aromatic N) is 7. The van der Waals surface area contributed by atoms with Crippen LogP contribution in [0.25, 0.3) is 0 Å². The Labute approximate surface area is 167 Å². The lowest BCUT2D eigenvalue weighted by Gasteiger charge is -2.39. The van der Waals surface area contributed by atoms with E-state index < -0.39 is 0 Å². The van der Waals surface area contributed by atoms with Gasteiger partial charge in [0, 0.05) is 84.0 Å². The smallest absolute Gasteiger partial charge is 0.172 e. The van der Waals surface area contributed by atoms with E-state index in [0.717, 1.165) is 70.3 Å². The van der Waals surface area contributed by atoms with Gasteiger partial charge in [0.25, 0.3) is 0 Å². The second kappa shape index (κ2) is 8.61. The molecule has 0 aromatic carbocycles. The van der Waals surface area contributed by atoms with Gasteiger partial charge in [0.15, 0.2) is 11.6 Å². The minimum atomic E-state index is 0.295. The van der Waals surface area contributed by atoms with Crippen molar-refractivity contribution in [3.05, 3.63) is 12.4 Å². The van der Waals surface area contributed by atoms with Crippen molar-refractivity contribution in [2.75, 3.05) is 69.3 Å². The number of hydrogen-bond donors (Lipinski definition) is 1. The van der Waals surface area contributed by atoms with E-state index in [1.165, 1.54) is 0 Å². The summed E-state index contributed by atoms with van der Waals surface area (Å²) in [6.07, 6.45) is 7.75. The highest BCUT2D eigenvalue weighted by atomic mass is 16.3. The number of anilines is 2. The van der Waals surface area contributed by atoms with Gasteiger partial charge in [-0.05, 0) is 25.7 Å². The molecule has 1 aromatic heterocycles. The van der Waals surface area contributed by atoms with Crippen LogP contribution in [-0.4, -0.2) is 96.7 Å². The third kappa shape index (κ3) is 4.07. The standard InChI is InChI=1S/C20H33N7O/c1-16-18(13-23-24(16)2)14-25-9-11-27(12-10-25)20-19(21-5-6-22-20)26-7-3-17(15-28)4-8-26/h5-6,13,16-18,28H,3-4,7-12,14-15H2,1-2H3. The molecule has 0 aliphatic carbocycles. The first-order valence-corrected chi connectivity index (χ1v) is 10.6. The van der Waals surface area contributed by atoms with Crippen molar-refractivity contribution < 1.29 is 5.11 Å². The lowest BCUT2D eigenvalue weighted by molar-refractivity contribution is 0.193. The van der Waals surface area contributed by atoms with E-state index in [1.807, 2.05) is 0 Å². The van der Waals surface area contributed by atoms with Gasteiger partial charge in [0.1, 0.15) is 0 Å². The summed E-state index contributed by atoms with van der Waals surface area (Å²) in [5.41, 5.74) is 0. The third-order valence-corrected chi connectivity index (χ3v) is 6.62. The Morgan fingerprint density at radius 3 is 2.11 bits per heavy atom. The molecule has 0 bridgehead atoms. The molecule has 3 aliphatic rings. The molecule has 0 amide bonds. The summed E-state index contributed by atoms with van der Waals surface area (Å²) >= 11 is 0. The second-order valence-corrected chi connectivity index (χ2v) is 8.35. The molecule has 0 radical (unpaired) electrons.